The van der Waals surface area contributed by atoms with E-state index >= 15 is 0 Å². The SMILES string of the molecule is c1cc(-c2ccc(-c3cccc4ccccc34)cc2)cc(N(c2ccccc2-c2cccc3c2sc2ccccc23)c2cccc3sc4ccccc4c23)c1. The maximum Gasteiger partial charge on any atom is 0.0555 e. The lowest BCUT2D eigenvalue weighted by Crippen LogP contribution is -2.11. The summed E-state index contributed by atoms with van der Waals surface area (Å²) >= 11 is 3.75. The van der Waals surface area contributed by atoms with Gasteiger partial charge in [-0.25, -0.2) is 0 Å². The highest BCUT2D eigenvalue weighted by Gasteiger charge is 2.23. The zero-order valence-corrected chi connectivity index (χ0v) is 31.4. The summed E-state index contributed by atoms with van der Waals surface area (Å²) in [5.74, 6) is 0. The van der Waals surface area contributed by atoms with Crippen LogP contribution >= 0.6 is 22.7 Å². The fourth-order valence-corrected chi connectivity index (χ4v) is 10.7. The van der Waals surface area contributed by atoms with Crippen molar-refractivity contribution in [3.63, 3.8) is 0 Å². The van der Waals surface area contributed by atoms with Crippen LogP contribution in [-0.4, -0.2) is 0 Å². The molecule has 0 unspecified atom stereocenters. The second-order valence-corrected chi connectivity index (χ2v) is 16.2. The maximum absolute atomic E-state index is 2.50. The third-order valence-electron chi connectivity index (χ3n) is 10.9. The van der Waals surface area contributed by atoms with E-state index < -0.39 is 0 Å². The Balaban J connectivity index is 1.11. The molecule has 0 saturated heterocycles. The molecule has 0 amide bonds. The minimum atomic E-state index is 1.12. The summed E-state index contributed by atoms with van der Waals surface area (Å²) in [6.45, 7) is 0. The zero-order chi connectivity index (χ0) is 36.3. The van der Waals surface area contributed by atoms with Crippen molar-refractivity contribution in [2.75, 3.05) is 4.90 Å². The van der Waals surface area contributed by atoms with Crippen LogP contribution in [-0.2, 0) is 0 Å². The summed E-state index contributed by atoms with van der Waals surface area (Å²) < 4.78 is 5.21. The van der Waals surface area contributed by atoms with Crippen molar-refractivity contribution in [2.24, 2.45) is 0 Å². The summed E-state index contributed by atoms with van der Waals surface area (Å²) in [5.41, 5.74) is 10.8. The number of hydrogen-bond acceptors (Lipinski definition) is 3. The summed E-state index contributed by atoms with van der Waals surface area (Å²) in [7, 11) is 0. The molecule has 0 fully saturated rings. The molecular weight excluding hydrogens is 703 g/mol. The predicted molar refractivity (Wildman–Crippen MR) is 241 cm³/mol. The molecule has 0 aliphatic heterocycles. The number of hydrogen-bond donors (Lipinski definition) is 0. The number of benzene rings is 9. The van der Waals surface area contributed by atoms with E-state index in [1.807, 2.05) is 22.7 Å². The Hall–Kier alpha value is -6.52. The van der Waals surface area contributed by atoms with Crippen molar-refractivity contribution >= 4 is 90.9 Å². The van der Waals surface area contributed by atoms with Gasteiger partial charge in [0.2, 0.25) is 0 Å². The van der Waals surface area contributed by atoms with Crippen LogP contribution in [0.2, 0.25) is 0 Å². The lowest BCUT2D eigenvalue weighted by Gasteiger charge is -2.29. The van der Waals surface area contributed by atoms with Gasteiger partial charge in [0.25, 0.3) is 0 Å². The largest absolute Gasteiger partial charge is 0.309 e. The molecule has 1 nitrogen and oxygen atoms in total. The van der Waals surface area contributed by atoms with Gasteiger partial charge >= 0.3 is 0 Å². The van der Waals surface area contributed by atoms with Crippen LogP contribution in [0.15, 0.2) is 200 Å². The molecule has 0 radical (unpaired) electrons. The summed E-state index contributed by atoms with van der Waals surface area (Å²) in [6, 6.07) is 73.4. The lowest BCUT2D eigenvalue weighted by atomic mass is 9.96. The number of para-hydroxylation sites is 1. The number of fused-ring (bicyclic) bond motifs is 7. The quantitative estimate of drug-likeness (QED) is 0.164. The van der Waals surface area contributed by atoms with E-state index in [0.29, 0.717) is 0 Å². The molecule has 0 bridgehead atoms. The molecule has 0 saturated carbocycles. The van der Waals surface area contributed by atoms with Gasteiger partial charge in [-0.15, -0.1) is 22.7 Å². The summed E-state index contributed by atoms with van der Waals surface area (Å²) in [5, 5.41) is 7.71. The van der Waals surface area contributed by atoms with Crippen molar-refractivity contribution in [1.82, 2.24) is 0 Å². The highest BCUT2D eigenvalue weighted by atomic mass is 32.1. The minimum absolute atomic E-state index is 1.12. The Labute approximate surface area is 327 Å². The lowest BCUT2D eigenvalue weighted by molar-refractivity contribution is 1.30. The second kappa shape index (κ2) is 13.1. The molecule has 11 aromatic rings. The highest BCUT2D eigenvalue weighted by Crippen LogP contribution is 2.49. The van der Waals surface area contributed by atoms with Gasteiger partial charge in [0.1, 0.15) is 0 Å². The van der Waals surface area contributed by atoms with Crippen LogP contribution in [0, 0.1) is 0 Å². The number of thiophene rings is 2. The van der Waals surface area contributed by atoms with Gasteiger partial charge in [0, 0.05) is 57.2 Å². The Morgan fingerprint density at radius 2 is 0.909 bits per heavy atom. The van der Waals surface area contributed by atoms with E-state index in [2.05, 4.69) is 205 Å². The van der Waals surface area contributed by atoms with Gasteiger partial charge in [0.05, 0.1) is 11.4 Å². The average molecular weight is 736 g/mol. The van der Waals surface area contributed by atoms with Crippen molar-refractivity contribution in [1.29, 1.82) is 0 Å². The molecule has 0 atom stereocenters. The van der Waals surface area contributed by atoms with Crippen molar-refractivity contribution < 1.29 is 0 Å². The van der Waals surface area contributed by atoms with Gasteiger partial charge in [-0.05, 0) is 75.5 Å². The molecular formula is C52H33NS2. The van der Waals surface area contributed by atoms with E-state index in [-0.39, 0.29) is 0 Å². The Kier molecular flexibility index (Phi) is 7.61. The van der Waals surface area contributed by atoms with Crippen LogP contribution < -0.4 is 4.90 Å². The van der Waals surface area contributed by atoms with Crippen LogP contribution in [0.25, 0.3) is 84.5 Å². The molecule has 3 heteroatoms. The van der Waals surface area contributed by atoms with E-state index in [4.69, 9.17) is 0 Å². The molecule has 0 spiro atoms. The normalized spacial score (nSPS) is 11.6. The first kappa shape index (κ1) is 32.0. The molecule has 258 valence electrons. The minimum Gasteiger partial charge on any atom is -0.309 e. The van der Waals surface area contributed by atoms with Crippen LogP contribution in [0.4, 0.5) is 17.1 Å². The molecule has 2 aromatic heterocycles. The Bertz CT molecular complexity index is 3220. The monoisotopic (exact) mass is 735 g/mol. The first-order valence-corrected chi connectivity index (χ1v) is 20.3. The third kappa shape index (κ3) is 5.35. The molecule has 9 aromatic carbocycles. The van der Waals surface area contributed by atoms with Crippen molar-refractivity contribution in [3.8, 4) is 33.4 Å². The van der Waals surface area contributed by atoms with E-state index in [1.54, 1.807) is 0 Å². The molecule has 55 heavy (non-hydrogen) atoms. The molecule has 0 aliphatic carbocycles. The second-order valence-electron chi connectivity index (χ2n) is 14.0. The highest BCUT2D eigenvalue weighted by molar-refractivity contribution is 7.26. The van der Waals surface area contributed by atoms with Gasteiger partial charge in [0.15, 0.2) is 0 Å². The van der Waals surface area contributed by atoms with Gasteiger partial charge in [-0.2, -0.15) is 0 Å². The van der Waals surface area contributed by atoms with Crippen molar-refractivity contribution in [2.45, 2.75) is 0 Å². The van der Waals surface area contributed by atoms with E-state index in [1.165, 1.54) is 90.2 Å². The summed E-state index contributed by atoms with van der Waals surface area (Å²) in [6.07, 6.45) is 0. The van der Waals surface area contributed by atoms with E-state index in [9.17, 15) is 0 Å². The van der Waals surface area contributed by atoms with Gasteiger partial charge < -0.3 is 4.90 Å². The van der Waals surface area contributed by atoms with Crippen LogP contribution in [0.3, 0.4) is 0 Å². The number of nitrogens with zero attached hydrogens (tertiary/aromatic N) is 1. The molecule has 2 heterocycles. The fourth-order valence-electron chi connectivity index (χ4n) is 8.35. The van der Waals surface area contributed by atoms with E-state index in [0.717, 1.165) is 11.4 Å². The Morgan fingerprint density at radius 3 is 1.80 bits per heavy atom. The molecule has 0 N–H and O–H groups in total. The Morgan fingerprint density at radius 1 is 0.327 bits per heavy atom. The van der Waals surface area contributed by atoms with Crippen molar-refractivity contribution in [3.05, 3.63) is 200 Å². The number of rotatable bonds is 6. The fraction of sp³-hybridized carbons (Fsp3) is 0. The maximum atomic E-state index is 2.50. The topological polar surface area (TPSA) is 3.24 Å². The first-order chi connectivity index (χ1) is 27.3. The predicted octanol–water partition coefficient (Wildman–Crippen LogP) is 16.0. The standard InChI is InChI=1S/C52H33NS2/c1-2-17-39-35(13-1)14-10-21-40(39)36-31-29-34(30-32-36)37-15-9-16-38(33-37)53(47-25-12-28-50-51(47)45-20-5-8-27-49(45)54-50)46-24-6-3-18-41(46)43-22-11-23-44-42-19-4-7-26-48(42)55-52(43)44/h1-33H. The zero-order valence-electron chi connectivity index (χ0n) is 29.8. The van der Waals surface area contributed by atoms with Crippen LogP contribution in [0.5, 0.6) is 0 Å². The average Bonchev–Trinajstić information content (AvgIpc) is 3.83. The smallest absolute Gasteiger partial charge is 0.0555 e. The number of anilines is 3. The first-order valence-electron chi connectivity index (χ1n) is 18.7. The van der Waals surface area contributed by atoms with Crippen LogP contribution in [0.1, 0.15) is 0 Å². The van der Waals surface area contributed by atoms with Gasteiger partial charge in [-0.1, -0.05) is 158 Å². The third-order valence-corrected chi connectivity index (χ3v) is 13.2. The van der Waals surface area contributed by atoms with Gasteiger partial charge in [-0.3, -0.25) is 0 Å². The summed E-state index contributed by atoms with van der Waals surface area (Å²) in [4.78, 5) is 2.50. The molecule has 11 rings (SSSR count). The molecule has 0 aliphatic rings.